The van der Waals surface area contributed by atoms with Crippen LogP contribution in [0.1, 0.15) is 25.8 Å². The van der Waals surface area contributed by atoms with E-state index >= 15 is 0 Å². The molecule has 1 saturated heterocycles. The fourth-order valence-corrected chi connectivity index (χ4v) is 1.93. The molecule has 0 aromatic heterocycles. The fraction of sp³-hybridized carbons (Fsp3) is 0.533. The first-order valence-electron chi connectivity index (χ1n) is 6.73. The van der Waals surface area contributed by atoms with Crippen molar-refractivity contribution in [2.24, 2.45) is 5.73 Å². The van der Waals surface area contributed by atoms with Gasteiger partial charge < -0.3 is 11.1 Å². The van der Waals surface area contributed by atoms with Gasteiger partial charge in [-0.1, -0.05) is 49.7 Å². The molecule has 0 unspecified atom stereocenters. The van der Waals surface area contributed by atoms with Crippen LogP contribution in [0.3, 0.4) is 0 Å². The number of hydrogen-bond acceptors (Lipinski definition) is 3. The van der Waals surface area contributed by atoms with E-state index in [1.165, 1.54) is 12.6 Å². The quantitative estimate of drug-likeness (QED) is 0.770. The van der Waals surface area contributed by atoms with Crippen molar-refractivity contribution in [3.63, 3.8) is 0 Å². The summed E-state index contributed by atoms with van der Waals surface area (Å²) in [5, 5.41) is 2.78. The van der Waals surface area contributed by atoms with Crippen molar-refractivity contribution in [1.82, 2.24) is 5.32 Å². The zero-order valence-electron chi connectivity index (χ0n) is 12.6. The maximum Gasteiger partial charge on any atom is 0.229 e. The maximum atomic E-state index is 10.6. The van der Waals surface area contributed by atoms with Gasteiger partial charge in [0.1, 0.15) is 0 Å². The second kappa shape index (κ2) is 17.0. The molecule has 1 aromatic carbocycles. The van der Waals surface area contributed by atoms with Crippen LogP contribution in [0.4, 0.5) is 0 Å². The summed E-state index contributed by atoms with van der Waals surface area (Å²) in [5.41, 5.74) is 5.82. The summed E-state index contributed by atoms with van der Waals surface area (Å²) in [6.07, 6.45) is 1.12. The standard InChI is InChI=1S/C7H8.C5H9NOS.C2H6.CH5N/c1-7-5-3-2-4-6-7;7-5-4-8-3-1-2-6-5;2*1-2/h2-6H,1H3;1-4H2,(H,6,7);1-2H3;2H2,1H3. The summed E-state index contributed by atoms with van der Waals surface area (Å²) in [4.78, 5) is 10.6. The number of nitrogens with one attached hydrogen (secondary N) is 1. The molecule has 0 atom stereocenters. The van der Waals surface area contributed by atoms with Gasteiger partial charge in [0, 0.05) is 6.54 Å². The molecule has 1 aliphatic heterocycles. The van der Waals surface area contributed by atoms with Gasteiger partial charge in [0.2, 0.25) is 5.91 Å². The van der Waals surface area contributed by atoms with Gasteiger partial charge in [-0.25, -0.2) is 0 Å². The highest BCUT2D eigenvalue weighted by Crippen LogP contribution is 2.03. The first kappa shape index (κ1) is 20.3. The fourth-order valence-electron chi connectivity index (χ4n) is 1.15. The number of nitrogens with two attached hydrogens (primary N) is 1. The normalized spacial score (nSPS) is 13.0. The molecule has 1 heterocycles. The average Bonchev–Trinajstić information content (AvgIpc) is 2.72. The van der Waals surface area contributed by atoms with Crippen molar-refractivity contribution in [3.8, 4) is 0 Å². The molecule has 2 rings (SSSR count). The molecule has 19 heavy (non-hydrogen) atoms. The third kappa shape index (κ3) is 14.9. The van der Waals surface area contributed by atoms with E-state index in [1.54, 1.807) is 11.8 Å². The highest BCUT2D eigenvalue weighted by molar-refractivity contribution is 7.99. The number of rotatable bonds is 0. The Balaban J connectivity index is 0. The van der Waals surface area contributed by atoms with Crippen LogP contribution in [0.25, 0.3) is 0 Å². The highest BCUT2D eigenvalue weighted by atomic mass is 32.2. The number of thioether (sulfide) groups is 1. The van der Waals surface area contributed by atoms with Gasteiger partial charge in [0.05, 0.1) is 5.75 Å². The minimum absolute atomic E-state index is 0.188. The summed E-state index contributed by atoms with van der Waals surface area (Å²) in [6.45, 7) is 6.95. The number of benzene rings is 1. The van der Waals surface area contributed by atoms with Crippen molar-refractivity contribution < 1.29 is 4.79 Å². The molecule has 1 aromatic rings. The van der Waals surface area contributed by atoms with E-state index in [4.69, 9.17) is 0 Å². The predicted molar refractivity (Wildman–Crippen MR) is 87.6 cm³/mol. The summed E-state index contributed by atoms with van der Waals surface area (Å²) < 4.78 is 0. The largest absolute Gasteiger partial charge is 0.355 e. The smallest absolute Gasteiger partial charge is 0.229 e. The Morgan fingerprint density at radius 3 is 2.21 bits per heavy atom. The molecule has 3 N–H and O–H groups in total. The van der Waals surface area contributed by atoms with E-state index in [0.717, 1.165) is 18.7 Å². The number of aryl methyl sites for hydroxylation is 1. The molecule has 3 nitrogen and oxygen atoms in total. The van der Waals surface area contributed by atoms with Crippen LogP contribution in [0.5, 0.6) is 0 Å². The number of carbonyl (C=O) groups excluding carboxylic acids is 1. The van der Waals surface area contributed by atoms with E-state index in [0.29, 0.717) is 5.75 Å². The third-order valence-electron chi connectivity index (χ3n) is 1.96. The molecule has 1 amide bonds. The topological polar surface area (TPSA) is 55.1 Å². The van der Waals surface area contributed by atoms with Gasteiger partial charge in [-0.05, 0) is 26.1 Å². The number of hydrogen-bond donors (Lipinski definition) is 2. The number of carbonyl (C=O) groups is 1. The van der Waals surface area contributed by atoms with Crippen molar-refractivity contribution in [3.05, 3.63) is 35.9 Å². The van der Waals surface area contributed by atoms with Gasteiger partial charge >= 0.3 is 0 Å². The molecule has 0 aliphatic carbocycles. The zero-order valence-corrected chi connectivity index (χ0v) is 13.4. The Kier molecular flexibility index (Phi) is 18.2. The molecule has 1 fully saturated rings. The Bertz CT molecular complexity index is 281. The molecule has 0 bridgehead atoms. The SMILES string of the molecule is CC.CN.Cc1ccccc1.O=C1CSCCCN1. The molecule has 4 heteroatoms. The number of amides is 1. The summed E-state index contributed by atoms with van der Waals surface area (Å²) in [5.74, 6) is 1.96. The van der Waals surface area contributed by atoms with Crippen LogP contribution in [-0.4, -0.2) is 31.0 Å². The van der Waals surface area contributed by atoms with Crippen LogP contribution >= 0.6 is 11.8 Å². The Morgan fingerprint density at radius 2 is 1.74 bits per heavy atom. The molecule has 1 aliphatic rings. The average molecular weight is 284 g/mol. The molecule has 0 spiro atoms. The summed E-state index contributed by atoms with van der Waals surface area (Å²) in [7, 11) is 1.50. The molecule has 0 radical (unpaired) electrons. The van der Waals surface area contributed by atoms with E-state index in [9.17, 15) is 4.79 Å². The predicted octanol–water partition coefficient (Wildman–Crippen LogP) is 2.84. The summed E-state index contributed by atoms with van der Waals surface area (Å²) >= 11 is 1.71. The van der Waals surface area contributed by atoms with E-state index in [1.807, 2.05) is 32.0 Å². The van der Waals surface area contributed by atoms with Crippen LogP contribution in [0.15, 0.2) is 30.3 Å². The van der Waals surface area contributed by atoms with Gasteiger partial charge in [-0.2, -0.15) is 11.8 Å². The van der Waals surface area contributed by atoms with Gasteiger partial charge in [-0.15, -0.1) is 0 Å². The first-order chi connectivity index (χ1) is 9.29. The van der Waals surface area contributed by atoms with Crippen molar-refractivity contribution >= 4 is 17.7 Å². The molecular formula is C15H28N2OS. The molecular weight excluding hydrogens is 256 g/mol. The van der Waals surface area contributed by atoms with E-state index < -0.39 is 0 Å². The Morgan fingerprint density at radius 1 is 1.16 bits per heavy atom. The monoisotopic (exact) mass is 284 g/mol. The minimum Gasteiger partial charge on any atom is -0.355 e. The Hall–Kier alpha value is -1.00. The van der Waals surface area contributed by atoms with E-state index in [2.05, 4.69) is 30.1 Å². The van der Waals surface area contributed by atoms with Gasteiger partial charge in [0.25, 0.3) is 0 Å². The third-order valence-corrected chi connectivity index (χ3v) is 3.00. The van der Waals surface area contributed by atoms with Gasteiger partial charge in [0.15, 0.2) is 0 Å². The lowest BCUT2D eigenvalue weighted by molar-refractivity contribution is -0.118. The van der Waals surface area contributed by atoms with Crippen molar-refractivity contribution in [1.29, 1.82) is 0 Å². The van der Waals surface area contributed by atoms with Crippen LogP contribution in [0, 0.1) is 6.92 Å². The molecule has 0 saturated carbocycles. The van der Waals surface area contributed by atoms with Gasteiger partial charge in [-0.3, -0.25) is 4.79 Å². The van der Waals surface area contributed by atoms with Crippen molar-refractivity contribution in [2.45, 2.75) is 27.2 Å². The maximum absolute atomic E-state index is 10.6. The lowest BCUT2D eigenvalue weighted by Gasteiger charge is -1.93. The Labute approximate surface area is 122 Å². The second-order valence-electron chi connectivity index (χ2n) is 3.41. The van der Waals surface area contributed by atoms with E-state index in [-0.39, 0.29) is 5.91 Å². The summed E-state index contributed by atoms with van der Waals surface area (Å²) in [6, 6.07) is 10.3. The van der Waals surface area contributed by atoms with Crippen molar-refractivity contribution in [2.75, 3.05) is 25.1 Å². The van der Waals surface area contributed by atoms with Crippen LogP contribution in [-0.2, 0) is 4.79 Å². The van der Waals surface area contributed by atoms with Crippen LogP contribution in [0.2, 0.25) is 0 Å². The first-order valence-corrected chi connectivity index (χ1v) is 7.88. The zero-order chi connectivity index (χ0) is 14.9. The second-order valence-corrected chi connectivity index (χ2v) is 4.52. The lowest BCUT2D eigenvalue weighted by Crippen LogP contribution is -2.23. The minimum atomic E-state index is 0.188. The van der Waals surface area contributed by atoms with Crippen LogP contribution < -0.4 is 11.1 Å². The lowest BCUT2D eigenvalue weighted by atomic mass is 10.2. The highest BCUT2D eigenvalue weighted by Gasteiger charge is 2.03. The molecule has 110 valence electrons.